The summed E-state index contributed by atoms with van der Waals surface area (Å²) in [7, 11) is 1.99. The molecule has 0 saturated carbocycles. The molecular formula is C14H16N6. The van der Waals surface area contributed by atoms with Crippen molar-refractivity contribution in [2.24, 2.45) is 7.05 Å². The predicted octanol–water partition coefficient (Wildman–Crippen LogP) is 1.67. The molecule has 0 atom stereocenters. The van der Waals surface area contributed by atoms with Crippen LogP contribution >= 0.6 is 0 Å². The Morgan fingerprint density at radius 3 is 2.70 bits per heavy atom. The summed E-state index contributed by atoms with van der Waals surface area (Å²) in [5.41, 5.74) is 2.27. The van der Waals surface area contributed by atoms with E-state index in [0.717, 1.165) is 18.1 Å². The van der Waals surface area contributed by atoms with Gasteiger partial charge in [-0.1, -0.05) is 12.1 Å². The van der Waals surface area contributed by atoms with Crippen molar-refractivity contribution in [2.45, 2.75) is 13.1 Å². The largest absolute Gasteiger partial charge is 0.378 e. The van der Waals surface area contributed by atoms with Crippen LogP contribution in [0.5, 0.6) is 0 Å². The highest BCUT2D eigenvalue weighted by Gasteiger charge is 2.00. The van der Waals surface area contributed by atoms with Crippen LogP contribution in [-0.2, 0) is 20.1 Å². The van der Waals surface area contributed by atoms with E-state index < -0.39 is 0 Å². The van der Waals surface area contributed by atoms with Crippen LogP contribution < -0.4 is 5.32 Å². The van der Waals surface area contributed by atoms with Crippen molar-refractivity contribution in [2.75, 3.05) is 5.32 Å². The number of nitrogens with one attached hydrogen (secondary N) is 1. The van der Waals surface area contributed by atoms with Crippen LogP contribution in [0.15, 0.2) is 49.3 Å². The highest BCUT2D eigenvalue weighted by atomic mass is 15.3. The Hall–Kier alpha value is -2.63. The van der Waals surface area contributed by atoms with Gasteiger partial charge in [-0.2, -0.15) is 5.10 Å². The van der Waals surface area contributed by atoms with Crippen LogP contribution in [0.25, 0.3) is 0 Å². The molecule has 20 heavy (non-hydrogen) atoms. The number of nitrogens with zero attached hydrogens (tertiary/aromatic N) is 5. The molecule has 102 valence electrons. The van der Waals surface area contributed by atoms with Gasteiger partial charge in [-0.25, -0.2) is 14.6 Å². The number of aromatic nitrogens is 5. The lowest BCUT2D eigenvalue weighted by Gasteiger charge is -2.07. The standard InChI is InChI=1S/C14H16N6/c1-19-7-6-16-14(19)8-17-13-4-2-12(3-5-13)9-20-11-15-10-18-20/h2-7,10-11,17H,8-9H2,1H3. The minimum atomic E-state index is 0.714. The van der Waals surface area contributed by atoms with Crippen molar-refractivity contribution in [1.29, 1.82) is 0 Å². The average molecular weight is 268 g/mol. The Balaban J connectivity index is 1.60. The molecule has 0 aliphatic heterocycles. The third kappa shape index (κ3) is 2.85. The van der Waals surface area contributed by atoms with Gasteiger partial charge in [-0.15, -0.1) is 0 Å². The maximum atomic E-state index is 4.28. The number of hydrogen-bond donors (Lipinski definition) is 1. The number of rotatable bonds is 5. The molecule has 0 spiro atoms. The zero-order valence-corrected chi connectivity index (χ0v) is 11.3. The van der Waals surface area contributed by atoms with Crippen molar-refractivity contribution < 1.29 is 0 Å². The molecule has 3 aromatic rings. The summed E-state index contributed by atoms with van der Waals surface area (Å²) >= 11 is 0. The van der Waals surface area contributed by atoms with Crippen molar-refractivity contribution >= 4 is 5.69 Å². The summed E-state index contributed by atoms with van der Waals surface area (Å²) in [5.74, 6) is 1.01. The third-order valence-corrected chi connectivity index (χ3v) is 3.14. The first-order valence-corrected chi connectivity index (χ1v) is 6.43. The number of hydrogen-bond acceptors (Lipinski definition) is 4. The molecule has 6 nitrogen and oxygen atoms in total. The van der Waals surface area contributed by atoms with E-state index in [1.165, 1.54) is 5.56 Å². The first-order valence-electron chi connectivity index (χ1n) is 6.43. The van der Waals surface area contributed by atoms with Gasteiger partial charge < -0.3 is 9.88 Å². The molecule has 1 aromatic carbocycles. The summed E-state index contributed by atoms with van der Waals surface area (Å²) < 4.78 is 3.81. The quantitative estimate of drug-likeness (QED) is 0.764. The lowest BCUT2D eigenvalue weighted by molar-refractivity contribution is 0.685. The van der Waals surface area contributed by atoms with E-state index >= 15 is 0 Å². The van der Waals surface area contributed by atoms with Crippen LogP contribution in [0.3, 0.4) is 0 Å². The molecule has 0 aliphatic rings. The number of aryl methyl sites for hydroxylation is 1. The van der Waals surface area contributed by atoms with Crippen LogP contribution in [0, 0.1) is 0 Å². The summed E-state index contributed by atoms with van der Waals surface area (Å²) in [5, 5.41) is 7.45. The number of benzene rings is 1. The fraction of sp³-hybridized carbons (Fsp3) is 0.214. The van der Waals surface area contributed by atoms with Gasteiger partial charge in [0.05, 0.1) is 13.1 Å². The molecule has 3 rings (SSSR count). The summed E-state index contributed by atoms with van der Waals surface area (Å²) in [6, 6.07) is 8.30. The van der Waals surface area contributed by atoms with Gasteiger partial charge in [-0.3, -0.25) is 0 Å². The topological polar surface area (TPSA) is 60.6 Å². The van der Waals surface area contributed by atoms with Gasteiger partial charge in [0.2, 0.25) is 0 Å². The molecule has 0 bridgehead atoms. The maximum absolute atomic E-state index is 4.28. The Morgan fingerprint density at radius 2 is 2.05 bits per heavy atom. The smallest absolute Gasteiger partial charge is 0.137 e. The summed E-state index contributed by atoms with van der Waals surface area (Å²) in [4.78, 5) is 8.21. The normalized spacial score (nSPS) is 10.7. The van der Waals surface area contributed by atoms with Gasteiger partial charge in [0.15, 0.2) is 0 Å². The molecule has 0 unspecified atom stereocenters. The van der Waals surface area contributed by atoms with Gasteiger partial charge in [0.25, 0.3) is 0 Å². The van der Waals surface area contributed by atoms with E-state index in [-0.39, 0.29) is 0 Å². The number of anilines is 1. The molecule has 0 amide bonds. The average Bonchev–Trinajstić information content (AvgIpc) is 3.10. The predicted molar refractivity (Wildman–Crippen MR) is 76.1 cm³/mol. The Bertz CT molecular complexity index is 653. The van der Waals surface area contributed by atoms with E-state index in [4.69, 9.17) is 0 Å². The lowest BCUT2D eigenvalue weighted by Crippen LogP contribution is -2.05. The zero-order valence-electron chi connectivity index (χ0n) is 11.3. The molecule has 0 radical (unpaired) electrons. The second kappa shape index (κ2) is 5.56. The summed E-state index contributed by atoms with van der Waals surface area (Å²) in [6.45, 7) is 1.45. The van der Waals surface area contributed by atoms with E-state index in [2.05, 4.69) is 44.6 Å². The fourth-order valence-electron chi connectivity index (χ4n) is 1.98. The van der Waals surface area contributed by atoms with Crippen molar-refractivity contribution in [3.05, 3.63) is 60.7 Å². The Morgan fingerprint density at radius 1 is 1.20 bits per heavy atom. The second-order valence-corrected chi connectivity index (χ2v) is 4.60. The van der Waals surface area contributed by atoms with Gasteiger partial charge in [0, 0.05) is 25.1 Å². The first kappa shape index (κ1) is 12.4. The van der Waals surface area contributed by atoms with Crippen LogP contribution in [0.1, 0.15) is 11.4 Å². The van der Waals surface area contributed by atoms with Crippen molar-refractivity contribution in [3.63, 3.8) is 0 Å². The van der Waals surface area contributed by atoms with Crippen molar-refractivity contribution in [3.8, 4) is 0 Å². The maximum Gasteiger partial charge on any atom is 0.137 e. The zero-order chi connectivity index (χ0) is 13.8. The first-order chi connectivity index (χ1) is 9.81. The summed E-state index contributed by atoms with van der Waals surface area (Å²) in [6.07, 6.45) is 7.01. The lowest BCUT2D eigenvalue weighted by atomic mass is 10.2. The monoisotopic (exact) mass is 268 g/mol. The molecule has 0 saturated heterocycles. The van der Waals surface area contributed by atoms with Gasteiger partial charge in [-0.05, 0) is 17.7 Å². The molecule has 1 N–H and O–H groups in total. The van der Waals surface area contributed by atoms with Gasteiger partial charge in [0.1, 0.15) is 18.5 Å². The minimum absolute atomic E-state index is 0.714. The second-order valence-electron chi connectivity index (χ2n) is 4.60. The highest BCUT2D eigenvalue weighted by molar-refractivity contribution is 5.44. The third-order valence-electron chi connectivity index (χ3n) is 3.14. The van der Waals surface area contributed by atoms with E-state index in [1.54, 1.807) is 23.5 Å². The fourth-order valence-corrected chi connectivity index (χ4v) is 1.98. The minimum Gasteiger partial charge on any atom is -0.378 e. The van der Waals surface area contributed by atoms with Gasteiger partial charge >= 0.3 is 0 Å². The van der Waals surface area contributed by atoms with Crippen molar-refractivity contribution in [1.82, 2.24) is 24.3 Å². The Kier molecular flexibility index (Phi) is 3.45. The van der Waals surface area contributed by atoms with Crippen LogP contribution in [0.4, 0.5) is 5.69 Å². The molecule has 6 heteroatoms. The van der Waals surface area contributed by atoms with E-state index in [9.17, 15) is 0 Å². The van der Waals surface area contributed by atoms with Crippen LogP contribution in [-0.4, -0.2) is 24.3 Å². The number of imidazole rings is 1. The molecule has 0 aliphatic carbocycles. The molecule has 2 aromatic heterocycles. The SMILES string of the molecule is Cn1ccnc1CNc1ccc(Cn2cncn2)cc1. The molecule has 0 fully saturated rings. The highest BCUT2D eigenvalue weighted by Crippen LogP contribution is 2.11. The van der Waals surface area contributed by atoms with E-state index in [0.29, 0.717) is 6.54 Å². The van der Waals surface area contributed by atoms with E-state index in [1.807, 2.05) is 17.8 Å². The molecular weight excluding hydrogens is 252 g/mol. The molecule has 2 heterocycles. The Labute approximate surface area is 117 Å². The van der Waals surface area contributed by atoms with Crippen LogP contribution in [0.2, 0.25) is 0 Å².